The van der Waals surface area contributed by atoms with Crippen molar-refractivity contribution >= 4 is 11.9 Å². The molecule has 0 radical (unpaired) electrons. The molecule has 1 unspecified atom stereocenters. The van der Waals surface area contributed by atoms with Gasteiger partial charge in [-0.15, -0.1) is 0 Å². The summed E-state index contributed by atoms with van der Waals surface area (Å²) in [6.45, 7) is 6.75. The molecule has 4 nitrogen and oxygen atoms in total. The van der Waals surface area contributed by atoms with Gasteiger partial charge in [-0.25, -0.2) is 0 Å². The van der Waals surface area contributed by atoms with Gasteiger partial charge in [0.15, 0.2) is 0 Å². The average molecular weight is 413 g/mol. The highest BCUT2D eigenvalue weighted by atomic mass is 16.5. The Kier molecular flexibility index (Phi) is 20.9. The Hall–Kier alpha value is -1.06. The van der Waals surface area contributed by atoms with E-state index in [1.165, 1.54) is 70.6 Å². The first kappa shape index (κ1) is 27.9. The molecule has 4 heteroatoms. The molecule has 0 aromatic carbocycles. The molecule has 0 spiro atoms. The lowest BCUT2D eigenvalue weighted by atomic mass is 10.0. The normalized spacial score (nSPS) is 12.0. The van der Waals surface area contributed by atoms with Crippen molar-refractivity contribution in [3.05, 3.63) is 0 Å². The molecule has 0 aliphatic heterocycles. The quantitative estimate of drug-likeness (QED) is 0.144. The first-order chi connectivity index (χ1) is 14.1. The lowest BCUT2D eigenvalue weighted by Crippen LogP contribution is -2.15. The molecule has 0 amide bonds. The van der Waals surface area contributed by atoms with Crippen molar-refractivity contribution in [1.29, 1.82) is 0 Å². The summed E-state index contributed by atoms with van der Waals surface area (Å²) >= 11 is 0. The Labute approximate surface area is 180 Å². The van der Waals surface area contributed by atoms with Crippen LogP contribution in [-0.4, -0.2) is 24.6 Å². The van der Waals surface area contributed by atoms with E-state index in [4.69, 9.17) is 9.47 Å². The van der Waals surface area contributed by atoms with Crippen LogP contribution in [0, 0.1) is 0 Å². The van der Waals surface area contributed by atoms with Crippen LogP contribution in [0.3, 0.4) is 0 Å². The SMILES string of the molecule is CCCCCCCCCCCCCCCOC(=O)CCCC(=O)OC(C)CCC. The third-order valence-electron chi connectivity index (χ3n) is 5.30. The minimum Gasteiger partial charge on any atom is -0.466 e. The highest BCUT2D eigenvalue weighted by molar-refractivity contribution is 5.72. The minimum atomic E-state index is -0.213. The van der Waals surface area contributed by atoms with Gasteiger partial charge in [0.1, 0.15) is 0 Å². The molecule has 0 saturated carbocycles. The Bertz CT molecular complexity index is 381. The fourth-order valence-corrected chi connectivity index (χ4v) is 3.50. The molecule has 0 N–H and O–H groups in total. The molecular formula is C25H48O4. The average Bonchev–Trinajstić information content (AvgIpc) is 2.68. The van der Waals surface area contributed by atoms with Crippen LogP contribution in [0.2, 0.25) is 0 Å². The lowest BCUT2D eigenvalue weighted by molar-refractivity contribution is -0.149. The highest BCUT2D eigenvalue weighted by Gasteiger charge is 2.10. The summed E-state index contributed by atoms with van der Waals surface area (Å²) in [7, 11) is 0. The summed E-state index contributed by atoms with van der Waals surface area (Å²) in [5.41, 5.74) is 0. The zero-order valence-electron chi connectivity index (χ0n) is 19.6. The van der Waals surface area contributed by atoms with Crippen LogP contribution < -0.4 is 0 Å². The van der Waals surface area contributed by atoms with Crippen molar-refractivity contribution in [3.8, 4) is 0 Å². The zero-order valence-corrected chi connectivity index (χ0v) is 19.6. The number of esters is 2. The minimum absolute atomic E-state index is 0.0324. The van der Waals surface area contributed by atoms with E-state index in [1.807, 2.05) is 6.92 Å². The molecule has 0 saturated heterocycles. The smallest absolute Gasteiger partial charge is 0.306 e. The monoisotopic (exact) mass is 412 g/mol. The molecule has 1 atom stereocenters. The molecule has 0 aliphatic carbocycles. The van der Waals surface area contributed by atoms with E-state index in [0.717, 1.165) is 25.7 Å². The highest BCUT2D eigenvalue weighted by Crippen LogP contribution is 2.12. The molecule has 0 aromatic heterocycles. The number of ether oxygens (including phenoxy) is 2. The molecule has 0 aromatic rings. The topological polar surface area (TPSA) is 52.6 Å². The van der Waals surface area contributed by atoms with E-state index >= 15 is 0 Å². The fraction of sp³-hybridized carbons (Fsp3) is 0.920. The molecule has 172 valence electrons. The second-order valence-corrected chi connectivity index (χ2v) is 8.41. The van der Waals surface area contributed by atoms with Crippen LogP contribution in [0.5, 0.6) is 0 Å². The molecule has 0 aliphatic rings. The van der Waals surface area contributed by atoms with Crippen molar-refractivity contribution in [3.63, 3.8) is 0 Å². The number of carbonyl (C=O) groups is 2. The number of carbonyl (C=O) groups excluding carboxylic acids is 2. The van der Waals surface area contributed by atoms with Gasteiger partial charge in [0.05, 0.1) is 12.7 Å². The predicted octanol–water partition coefficient (Wildman–Crippen LogP) is 7.52. The van der Waals surface area contributed by atoms with Gasteiger partial charge in [0.2, 0.25) is 0 Å². The number of unbranched alkanes of at least 4 members (excludes halogenated alkanes) is 12. The first-order valence-corrected chi connectivity index (χ1v) is 12.4. The maximum atomic E-state index is 11.7. The standard InChI is InChI=1S/C25H48O4/c1-4-6-7-8-9-10-11-12-13-14-15-16-17-22-28-24(26)20-18-21-25(27)29-23(3)19-5-2/h23H,4-22H2,1-3H3. The maximum Gasteiger partial charge on any atom is 0.306 e. The third kappa shape index (κ3) is 21.5. The Morgan fingerprint density at radius 2 is 1.10 bits per heavy atom. The third-order valence-corrected chi connectivity index (χ3v) is 5.30. The largest absolute Gasteiger partial charge is 0.466 e. The Morgan fingerprint density at radius 3 is 1.62 bits per heavy atom. The van der Waals surface area contributed by atoms with Gasteiger partial charge in [-0.3, -0.25) is 9.59 Å². The summed E-state index contributed by atoms with van der Waals surface area (Å²) < 4.78 is 10.5. The van der Waals surface area contributed by atoms with Crippen LogP contribution in [0.1, 0.15) is 136 Å². The number of hydrogen-bond acceptors (Lipinski definition) is 4. The van der Waals surface area contributed by atoms with Gasteiger partial charge >= 0.3 is 11.9 Å². The molecule has 0 rings (SSSR count). The van der Waals surface area contributed by atoms with E-state index in [-0.39, 0.29) is 18.0 Å². The van der Waals surface area contributed by atoms with Crippen molar-refractivity contribution in [2.75, 3.05) is 6.61 Å². The van der Waals surface area contributed by atoms with Crippen LogP contribution in [-0.2, 0) is 19.1 Å². The fourth-order valence-electron chi connectivity index (χ4n) is 3.50. The van der Waals surface area contributed by atoms with Crippen LogP contribution in [0.4, 0.5) is 0 Å². The second kappa shape index (κ2) is 21.6. The van der Waals surface area contributed by atoms with Gasteiger partial charge in [0, 0.05) is 12.8 Å². The van der Waals surface area contributed by atoms with Crippen molar-refractivity contribution in [2.24, 2.45) is 0 Å². The predicted molar refractivity (Wildman–Crippen MR) is 121 cm³/mol. The van der Waals surface area contributed by atoms with Gasteiger partial charge in [0.25, 0.3) is 0 Å². The first-order valence-electron chi connectivity index (χ1n) is 12.4. The van der Waals surface area contributed by atoms with Gasteiger partial charge in [-0.05, 0) is 26.2 Å². The summed E-state index contributed by atoms with van der Waals surface area (Å²) in [6, 6.07) is 0. The summed E-state index contributed by atoms with van der Waals surface area (Å²) in [4.78, 5) is 23.3. The molecule has 29 heavy (non-hydrogen) atoms. The maximum absolute atomic E-state index is 11.7. The van der Waals surface area contributed by atoms with Gasteiger partial charge in [-0.1, -0.05) is 97.3 Å². The van der Waals surface area contributed by atoms with Crippen molar-refractivity contribution in [1.82, 2.24) is 0 Å². The molecule has 0 heterocycles. The van der Waals surface area contributed by atoms with E-state index in [0.29, 0.717) is 25.9 Å². The number of hydrogen-bond donors (Lipinski definition) is 0. The lowest BCUT2D eigenvalue weighted by Gasteiger charge is -2.11. The van der Waals surface area contributed by atoms with E-state index in [9.17, 15) is 9.59 Å². The van der Waals surface area contributed by atoms with Gasteiger partial charge < -0.3 is 9.47 Å². The zero-order chi connectivity index (χ0) is 21.6. The van der Waals surface area contributed by atoms with E-state index in [2.05, 4.69) is 13.8 Å². The molecule has 0 fully saturated rings. The Balaban J connectivity index is 3.30. The van der Waals surface area contributed by atoms with Crippen molar-refractivity contribution < 1.29 is 19.1 Å². The summed E-state index contributed by atoms with van der Waals surface area (Å²) in [5, 5.41) is 0. The molecule has 0 bridgehead atoms. The van der Waals surface area contributed by atoms with E-state index < -0.39 is 0 Å². The van der Waals surface area contributed by atoms with Gasteiger partial charge in [-0.2, -0.15) is 0 Å². The number of rotatable bonds is 21. The summed E-state index contributed by atoms with van der Waals surface area (Å²) in [6.07, 6.45) is 20.0. The summed E-state index contributed by atoms with van der Waals surface area (Å²) in [5.74, 6) is -0.409. The molecular weight excluding hydrogens is 364 g/mol. The second-order valence-electron chi connectivity index (χ2n) is 8.41. The Morgan fingerprint density at radius 1 is 0.621 bits per heavy atom. The van der Waals surface area contributed by atoms with Crippen LogP contribution in [0.15, 0.2) is 0 Å². The van der Waals surface area contributed by atoms with Crippen molar-refractivity contribution in [2.45, 2.75) is 142 Å². The van der Waals surface area contributed by atoms with Crippen LogP contribution >= 0.6 is 0 Å². The van der Waals surface area contributed by atoms with Crippen LogP contribution in [0.25, 0.3) is 0 Å². The van der Waals surface area contributed by atoms with E-state index in [1.54, 1.807) is 0 Å².